The molecule has 0 amide bonds. The summed E-state index contributed by atoms with van der Waals surface area (Å²) in [7, 11) is -0.108. The number of nitrogens with two attached hydrogens (primary N) is 1. The number of ether oxygens (including phenoxy) is 1. The number of methoxy groups -OCH3 is 1. The average molecular weight is 249 g/mol. The first-order valence-corrected chi connectivity index (χ1v) is 5.94. The maximum absolute atomic E-state index is 13.2. The van der Waals surface area contributed by atoms with Crippen molar-refractivity contribution in [2.24, 2.45) is 5.73 Å². The Labute approximate surface area is 95.0 Å². The molecule has 1 aromatic rings. The molecule has 3 nitrogen and oxygen atoms in total. The van der Waals surface area contributed by atoms with E-state index in [9.17, 15) is 13.0 Å². The summed E-state index contributed by atoms with van der Waals surface area (Å²) < 4.78 is 42.3. The third-order valence-electron chi connectivity index (χ3n) is 1.89. The predicted molar refractivity (Wildman–Crippen MR) is 57.5 cm³/mol. The molecule has 2 atom stereocenters. The summed E-state index contributed by atoms with van der Waals surface area (Å²) >= 11 is 0. The van der Waals surface area contributed by atoms with Crippen molar-refractivity contribution in [1.29, 1.82) is 0 Å². The lowest BCUT2D eigenvalue weighted by Gasteiger charge is -2.10. The van der Waals surface area contributed by atoms with Crippen LogP contribution in [0.4, 0.5) is 8.78 Å². The van der Waals surface area contributed by atoms with E-state index in [-0.39, 0.29) is 17.3 Å². The lowest BCUT2D eigenvalue weighted by Crippen LogP contribution is -2.31. The van der Waals surface area contributed by atoms with Gasteiger partial charge in [-0.1, -0.05) is 0 Å². The first kappa shape index (κ1) is 13.2. The van der Waals surface area contributed by atoms with Crippen molar-refractivity contribution in [3.05, 3.63) is 29.8 Å². The van der Waals surface area contributed by atoms with E-state index in [0.29, 0.717) is 6.07 Å². The largest absolute Gasteiger partial charge is 0.383 e. The quantitative estimate of drug-likeness (QED) is 0.848. The van der Waals surface area contributed by atoms with Crippen LogP contribution in [0.15, 0.2) is 23.1 Å². The van der Waals surface area contributed by atoms with Crippen LogP contribution in [-0.4, -0.2) is 29.7 Å². The maximum atomic E-state index is 13.2. The van der Waals surface area contributed by atoms with E-state index in [0.717, 1.165) is 6.07 Å². The molecule has 0 bridgehead atoms. The minimum Gasteiger partial charge on any atom is -0.383 e. The second-order valence-corrected chi connectivity index (χ2v) is 4.77. The van der Waals surface area contributed by atoms with E-state index in [2.05, 4.69) is 0 Å². The van der Waals surface area contributed by atoms with Gasteiger partial charge >= 0.3 is 0 Å². The van der Waals surface area contributed by atoms with Gasteiger partial charge in [0.2, 0.25) is 0 Å². The van der Waals surface area contributed by atoms with Crippen LogP contribution in [0, 0.1) is 11.6 Å². The summed E-state index contributed by atoms with van der Waals surface area (Å²) in [6.07, 6.45) is 0. The van der Waals surface area contributed by atoms with Crippen LogP contribution < -0.4 is 5.73 Å². The molecule has 0 spiro atoms. The third-order valence-corrected chi connectivity index (χ3v) is 3.44. The van der Waals surface area contributed by atoms with Gasteiger partial charge in [0.1, 0.15) is 11.6 Å². The number of hydrogen-bond donors (Lipinski definition) is 1. The maximum Gasteiger partial charge on any atom is 0.142 e. The highest BCUT2D eigenvalue weighted by Crippen LogP contribution is 2.14. The average Bonchev–Trinajstić information content (AvgIpc) is 2.17. The van der Waals surface area contributed by atoms with E-state index in [4.69, 9.17) is 10.5 Å². The Morgan fingerprint density at radius 1 is 1.50 bits per heavy atom. The van der Waals surface area contributed by atoms with Crippen LogP contribution in [0.1, 0.15) is 0 Å². The summed E-state index contributed by atoms with van der Waals surface area (Å²) in [5, 5.41) is 0. The highest BCUT2D eigenvalue weighted by molar-refractivity contribution is 7.85. The van der Waals surface area contributed by atoms with E-state index < -0.39 is 28.5 Å². The van der Waals surface area contributed by atoms with Crippen molar-refractivity contribution in [2.45, 2.75) is 10.9 Å². The fourth-order valence-corrected chi connectivity index (χ4v) is 2.37. The molecule has 2 N–H and O–H groups in total. The summed E-state index contributed by atoms with van der Waals surface area (Å²) in [5.74, 6) is -1.43. The summed E-state index contributed by atoms with van der Waals surface area (Å²) in [4.78, 5) is -0.0343. The summed E-state index contributed by atoms with van der Waals surface area (Å²) in [5.41, 5.74) is 5.59. The first-order valence-electron chi connectivity index (χ1n) is 4.62. The molecule has 0 aliphatic carbocycles. The van der Waals surface area contributed by atoms with E-state index in [1.807, 2.05) is 0 Å². The zero-order chi connectivity index (χ0) is 12.1. The van der Waals surface area contributed by atoms with Gasteiger partial charge in [0, 0.05) is 25.0 Å². The number of halogens is 2. The minimum absolute atomic E-state index is 0.0343. The van der Waals surface area contributed by atoms with Crippen molar-refractivity contribution < 1.29 is 17.7 Å². The molecule has 1 aromatic carbocycles. The second kappa shape index (κ2) is 6.03. The topological polar surface area (TPSA) is 52.3 Å². The van der Waals surface area contributed by atoms with Crippen molar-refractivity contribution in [2.75, 3.05) is 19.5 Å². The smallest absolute Gasteiger partial charge is 0.142 e. The lowest BCUT2D eigenvalue weighted by molar-refractivity contribution is 0.186. The molecule has 90 valence electrons. The molecule has 0 fully saturated rings. The number of hydrogen-bond acceptors (Lipinski definition) is 3. The van der Waals surface area contributed by atoms with Crippen LogP contribution in [0.25, 0.3) is 0 Å². The molecular weight excluding hydrogens is 236 g/mol. The monoisotopic (exact) mass is 249 g/mol. The fourth-order valence-electron chi connectivity index (χ4n) is 1.21. The zero-order valence-electron chi connectivity index (χ0n) is 8.78. The SMILES string of the molecule is COCC(N)CS(=O)c1ccc(F)cc1F. The van der Waals surface area contributed by atoms with Crippen LogP contribution in [0.5, 0.6) is 0 Å². The highest BCUT2D eigenvalue weighted by atomic mass is 32.2. The Kier molecular flexibility index (Phi) is 4.98. The molecule has 6 heteroatoms. The fraction of sp³-hybridized carbons (Fsp3) is 0.400. The van der Waals surface area contributed by atoms with Crippen LogP contribution >= 0.6 is 0 Å². The number of rotatable bonds is 5. The number of benzene rings is 1. The lowest BCUT2D eigenvalue weighted by atomic mass is 10.3. The molecule has 0 radical (unpaired) electrons. The van der Waals surface area contributed by atoms with Crippen molar-refractivity contribution >= 4 is 10.8 Å². The molecule has 1 rings (SSSR count). The Morgan fingerprint density at radius 3 is 2.75 bits per heavy atom. The molecule has 16 heavy (non-hydrogen) atoms. The van der Waals surface area contributed by atoms with Gasteiger partial charge in [-0.25, -0.2) is 8.78 Å². The highest BCUT2D eigenvalue weighted by Gasteiger charge is 2.14. The van der Waals surface area contributed by atoms with E-state index in [1.165, 1.54) is 13.2 Å². The van der Waals surface area contributed by atoms with Crippen LogP contribution in [-0.2, 0) is 15.5 Å². The zero-order valence-corrected chi connectivity index (χ0v) is 9.60. The van der Waals surface area contributed by atoms with E-state index >= 15 is 0 Å². The Morgan fingerprint density at radius 2 is 2.19 bits per heavy atom. The second-order valence-electron chi connectivity index (χ2n) is 3.30. The Bertz CT molecular complexity index is 387. The van der Waals surface area contributed by atoms with Gasteiger partial charge in [0.25, 0.3) is 0 Å². The summed E-state index contributed by atoms with van der Waals surface area (Å²) in [6.45, 7) is 0.245. The minimum atomic E-state index is -1.58. The van der Waals surface area contributed by atoms with Crippen LogP contribution in [0.3, 0.4) is 0 Å². The van der Waals surface area contributed by atoms with Gasteiger partial charge < -0.3 is 10.5 Å². The van der Waals surface area contributed by atoms with Crippen molar-refractivity contribution in [3.8, 4) is 0 Å². The molecule has 0 saturated carbocycles. The van der Waals surface area contributed by atoms with Crippen LogP contribution in [0.2, 0.25) is 0 Å². The van der Waals surface area contributed by atoms with E-state index in [1.54, 1.807) is 0 Å². The Hall–Kier alpha value is -0.850. The molecule has 0 saturated heterocycles. The predicted octanol–water partition coefficient (Wildman–Crippen LogP) is 1.05. The van der Waals surface area contributed by atoms with Gasteiger partial charge in [0.05, 0.1) is 22.3 Å². The van der Waals surface area contributed by atoms with Gasteiger partial charge in [-0.15, -0.1) is 0 Å². The Balaban J connectivity index is 2.73. The standard InChI is InChI=1S/C10H13F2NO2S/c1-15-5-8(13)6-16(14)10-3-2-7(11)4-9(10)12/h2-4,8H,5-6,13H2,1H3. The van der Waals surface area contributed by atoms with Gasteiger partial charge in [-0.05, 0) is 12.1 Å². The van der Waals surface area contributed by atoms with Gasteiger partial charge in [0.15, 0.2) is 0 Å². The molecule has 2 unspecified atom stereocenters. The van der Waals surface area contributed by atoms with Crippen molar-refractivity contribution in [1.82, 2.24) is 0 Å². The van der Waals surface area contributed by atoms with Gasteiger partial charge in [-0.2, -0.15) is 0 Å². The molecule has 0 heterocycles. The van der Waals surface area contributed by atoms with Gasteiger partial charge in [-0.3, -0.25) is 4.21 Å². The first-order chi connectivity index (χ1) is 7.54. The van der Waals surface area contributed by atoms with Crippen molar-refractivity contribution in [3.63, 3.8) is 0 Å². The summed E-state index contributed by atoms with van der Waals surface area (Å²) in [6, 6.07) is 2.50. The molecule has 0 aliphatic heterocycles. The molecule has 0 aromatic heterocycles. The normalized spacial score (nSPS) is 14.8. The molecule has 0 aliphatic rings. The third kappa shape index (κ3) is 3.62. The molecular formula is C10H13F2NO2S.